The van der Waals surface area contributed by atoms with Crippen molar-refractivity contribution in [1.82, 2.24) is 9.97 Å². The van der Waals surface area contributed by atoms with E-state index in [4.69, 9.17) is 46.4 Å². The number of nitrogens with zero attached hydrogens (tertiary/aromatic N) is 2. The third-order valence-corrected chi connectivity index (χ3v) is 2.05. The van der Waals surface area contributed by atoms with Crippen LogP contribution >= 0.6 is 46.4 Å². The molecule has 0 unspecified atom stereocenters. The molecule has 0 bridgehead atoms. The van der Waals surface area contributed by atoms with Crippen LogP contribution < -0.4 is 0 Å². The van der Waals surface area contributed by atoms with Crippen LogP contribution in [0, 0.1) is 0 Å². The topological polar surface area (TPSA) is 42.9 Å². The van der Waals surface area contributed by atoms with E-state index in [9.17, 15) is 4.79 Å². The molecule has 12 heavy (non-hydrogen) atoms. The monoisotopic (exact) mass is 244 g/mol. The van der Waals surface area contributed by atoms with E-state index in [1.807, 2.05) is 0 Å². The highest BCUT2D eigenvalue weighted by atomic mass is 35.5. The molecule has 0 atom stereocenters. The van der Waals surface area contributed by atoms with Crippen LogP contribution in [0.2, 0.25) is 15.5 Å². The first-order chi connectivity index (χ1) is 5.52. The quantitative estimate of drug-likeness (QED) is 0.434. The largest absolute Gasteiger partial charge is 0.274 e. The van der Waals surface area contributed by atoms with E-state index in [0.29, 0.717) is 0 Å². The van der Waals surface area contributed by atoms with Crippen LogP contribution in [0.5, 0.6) is 0 Å². The zero-order valence-corrected chi connectivity index (χ0v) is 8.34. The van der Waals surface area contributed by atoms with Crippen LogP contribution in [0.1, 0.15) is 10.5 Å². The van der Waals surface area contributed by atoms with Crippen molar-refractivity contribution < 1.29 is 4.79 Å². The molecule has 0 aliphatic heterocycles. The number of rotatable bonds is 1. The number of halogens is 4. The molecule has 1 rings (SSSR count). The lowest BCUT2D eigenvalue weighted by Gasteiger charge is -1.98. The molecule has 0 spiro atoms. The Labute approximate surface area is 87.6 Å². The summed E-state index contributed by atoms with van der Waals surface area (Å²) in [4.78, 5) is 17.6. The maximum absolute atomic E-state index is 10.6. The highest BCUT2D eigenvalue weighted by molar-refractivity contribution is 6.68. The summed E-state index contributed by atoms with van der Waals surface area (Å²) < 4.78 is 0. The Morgan fingerprint density at radius 2 is 1.75 bits per heavy atom. The normalized spacial score (nSPS) is 10.0. The van der Waals surface area contributed by atoms with E-state index in [-0.39, 0.29) is 21.2 Å². The summed E-state index contributed by atoms with van der Waals surface area (Å²) in [6.45, 7) is 0. The van der Waals surface area contributed by atoms with E-state index in [2.05, 4.69) is 9.97 Å². The highest BCUT2D eigenvalue weighted by Gasteiger charge is 2.14. The first-order valence-electron chi connectivity index (χ1n) is 2.60. The van der Waals surface area contributed by atoms with E-state index < -0.39 is 5.24 Å². The molecule has 0 saturated carbocycles. The van der Waals surface area contributed by atoms with Crippen LogP contribution in [-0.2, 0) is 0 Å². The smallest absolute Gasteiger partial charge is 0.272 e. The van der Waals surface area contributed by atoms with Gasteiger partial charge in [-0.2, -0.15) is 0 Å². The molecule has 1 heterocycles. The molecule has 0 amide bonds. The first kappa shape index (κ1) is 9.99. The van der Waals surface area contributed by atoms with Gasteiger partial charge in [0.25, 0.3) is 5.24 Å². The van der Waals surface area contributed by atoms with Gasteiger partial charge in [0.2, 0.25) is 5.28 Å². The van der Waals surface area contributed by atoms with Gasteiger partial charge in [-0.25, -0.2) is 9.97 Å². The Bertz CT molecular complexity index is 340. The van der Waals surface area contributed by atoms with Gasteiger partial charge in [0.15, 0.2) is 5.15 Å². The lowest BCUT2D eigenvalue weighted by atomic mass is 10.4. The van der Waals surface area contributed by atoms with Gasteiger partial charge in [0.05, 0.1) is 0 Å². The minimum atomic E-state index is -0.828. The Morgan fingerprint density at radius 1 is 1.17 bits per heavy atom. The van der Waals surface area contributed by atoms with Gasteiger partial charge >= 0.3 is 0 Å². The van der Waals surface area contributed by atoms with Crippen molar-refractivity contribution in [2.45, 2.75) is 0 Å². The molecule has 3 nitrogen and oxygen atoms in total. The molecule has 0 aromatic carbocycles. The maximum Gasteiger partial charge on any atom is 0.272 e. The third kappa shape index (κ3) is 1.98. The third-order valence-electron chi connectivity index (χ3n) is 0.970. The fraction of sp³-hybridized carbons (Fsp3) is 0. The summed E-state index contributed by atoms with van der Waals surface area (Å²) in [6, 6.07) is 0. The summed E-state index contributed by atoms with van der Waals surface area (Å²) in [7, 11) is 0. The molecular weight excluding hydrogens is 246 g/mol. The standard InChI is InChI=1S/C5Cl4N2O/c6-1-2(4(8)12)10-5(9)11-3(1)7. The summed E-state index contributed by atoms with van der Waals surface area (Å²) in [5.74, 6) is 0. The fourth-order valence-corrected chi connectivity index (χ4v) is 1.26. The van der Waals surface area contributed by atoms with Crippen molar-refractivity contribution in [3.63, 3.8) is 0 Å². The number of carbonyl (C=O) groups is 1. The molecule has 1 aromatic rings. The number of hydrogen-bond acceptors (Lipinski definition) is 3. The molecule has 0 N–H and O–H groups in total. The molecule has 0 radical (unpaired) electrons. The fourth-order valence-electron chi connectivity index (χ4n) is 0.524. The average Bonchev–Trinajstić information content (AvgIpc) is 1.96. The van der Waals surface area contributed by atoms with Crippen LogP contribution in [0.25, 0.3) is 0 Å². The van der Waals surface area contributed by atoms with Crippen molar-refractivity contribution in [3.8, 4) is 0 Å². The molecule has 0 aliphatic rings. The Hall–Kier alpha value is -0.0900. The second-order valence-electron chi connectivity index (χ2n) is 1.72. The van der Waals surface area contributed by atoms with Crippen molar-refractivity contribution in [1.29, 1.82) is 0 Å². The van der Waals surface area contributed by atoms with Crippen molar-refractivity contribution in [2.75, 3.05) is 0 Å². The first-order valence-corrected chi connectivity index (χ1v) is 4.12. The summed E-state index contributed by atoms with van der Waals surface area (Å²) in [6.07, 6.45) is 0. The number of carbonyl (C=O) groups excluding carboxylic acids is 1. The Kier molecular flexibility index (Phi) is 3.12. The van der Waals surface area contributed by atoms with Crippen molar-refractivity contribution in [2.24, 2.45) is 0 Å². The molecular formula is C5Cl4N2O. The molecule has 64 valence electrons. The van der Waals surface area contributed by atoms with Gasteiger partial charge in [0, 0.05) is 0 Å². The van der Waals surface area contributed by atoms with Crippen molar-refractivity contribution in [3.05, 3.63) is 21.2 Å². The van der Waals surface area contributed by atoms with Gasteiger partial charge in [-0.15, -0.1) is 0 Å². The lowest BCUT2D eigenvalue weighted by Crippen LogP contribution is -1.98. The van der Waals surface area contributed by atoms with Gasteiger partial charge in [0.1, 0.15) is 10.7 Å². The predicted molar refractivity (Wildman–Crippen MR) is 47.2 cm³/mol. The molecule has 0 fully saturated rings. The minimum Gasteiger partial charge on any atom is -0.274 e. The zero-order chi connectivity index (χ0) is 9.30. The molecule has 7 heteroatoms. The SMILES string of the molecule is O=C(Cl)c1nc(Cl)nc(Cl)c1Cl. The van der Waals surface area contributed by atoms with E-state index in [0.717, 1.165) is 0 Å². The van der Waals surface area contributed by atoms with E-state index in [1.54, 1.807) is 0 Å². The van der Waals surface area contributed by atoms with Crippen LogP contribution in [-0.4, -0.2) is 15.2 Å². The van der Waals surface area contributed by atoms with Gasteiger partial charge in [-0.3, -0.25) is 4.79 Å². The molecule has 1 aromatic heterocycles. The van der Waals surface area contributed by atoms with Crippen LogP contribution in [0.3, 0.4) is 0 Å². The Morgan fingerprint density at radius 3 is 2.25 bits per heavy atom. The van der Waals surface area contributed by atoms with Gasteiger partial charge < -0.3 is 0 Å². The predicted octanol–water partition coefficient (Wildman–Crippen LogP) is 2.82. The van der Waals surface area contributed by atoms with E-state index in [1.165, 1.54) is 0 Å². The van der Waals surface area contributed by atoms with Crippen LogP contribution in [0.4, 0.5) is 0 Å². The molecule has 0 aliphatic carbocycles. The maximum atomic E-state index is 10.6. The average molecular weight is 246 g/mol. The van der Waals surface area contributed by atoms with Crippen LogP contribution in [0.15, 0.2) is 0 Å². The van der Waals surface area contributed by atoms with Gasteiger partial charge in [-0.1, -0.05) is 23.2 Å². The second kappa shape index (κ2) is 3.75. The number of aromatic nitrogens is 2. The summed E-state index contributed by atoms with van der Waals surface area (Å²) in [5.41, 5.74) is -0.191. The summed E-state index contributed by atoms with van der Waals surface area (Å²) >= 11 is 21.5. The lowest BCUT2D eigenvalue weighted by molar-refractivity contribution is 0.107. The summed E-state index contributed by atoms with van der Waals surface area (Å²) in [5, 5.41) is -1.19. The second-order valence-corrected chi connectivity index (χ2v) is 3.14. The minimum absolute atomic E-state index is 0.0962. The van der Waals surface area contributed by atoms with Gasteiger partial charge in [-0.05, 0) is 23.2 Å². The Balaban J connectivity index is 3.37. The van der Waals surface area contributed by atoms with E-state index >= 15 is 0 Å². The zero-order valence-electron chi connectivity index (χ0n) is 5.31. The molecule has 0 saturated heterocycles. The van der Waals surface area contributed by atoms with Crippen molar-refractivity contribution >= 4 is 51.6 Å². The highest BCUT2D eigenvalue weighted by Crippen LogP contribution is 2.24. The number of hydrogen-bond donors (Lipinski definition) is 0.